The van der Waals surface area contributed by atoms with Gasteiger partial charge in [0.2, 0.25) is 0 Å². The molecule has 0 unspecified atom stereocenters. The van der Waals surface area contributed by atoms with Crippen LogP contribution < -0.4 is 10.2 Å². The molecular formula is C13H22N2O. The molecule has 3 heteroatoms. The van der Waals surface area contributed by atoms with Gasteiger partial charge in [-0.2, -0.15) is 0 Å². The van der Waals surface area contributed by atoms with Gasteiger partial charge in [0.05, 0.1) is 0 Å². The van der Waals surface area contributed by atoms with Gasteiger partial charge < -0.3 is 15.3 Å². The second kappa shape index (κ2) is 5.21. The van der Waals surface area contributed by atoms with E-state index in [0.717, 1.165) is 12.2 Å². The fraction of sp³-hybridized carbons (Fsp3) is 0.538. The Morgan fingerprint density at radius 2 is 2.00 bits per heavy atom. The molecule has 0 bridgehead atoms. The summed E-state index contributed by atoms with van der Waals surface area (Å²) in [5.74, 6) is 0. The van der Waals surface area contributed by atoms with Crippen molar-refractivity contribution in [1.29, 1.82) is 0 Å². The zero-order valence-electron chi connectivity index (χ0n) is 10.6. The summed E-state index contributed by atoms with van der Waals surface area (Å²) >= 11 is 0. The van der Waals surface area contributed by atoms with E-state index in [1.54, 1.807) is 0 Å². The molecule has 0 aliphatic heterocycles. The van der Waals surface area contributed by atoms with Crippen LogP contribution in [0.25, 0.3) is 0 Å². The molecule has 3 nitrogen and oxygen atoms in total. The minimum absolute atomic E-state index is 0.0892. The van der Waals surface area contributed by atoms with Gasteiger partial charge in [0.15, 0.2) is 0 Å². The van der Waals surface area contributed by atoms with Crippen molar-refractivity contribution in [3.05, 3.63) is 24.3 Å². The molecule has 2 N–H and O–H groups in total. The molecule has 16 heavy (non-hydrogen) atoms. The predicted octanol–water partition coefficient (Wildman–Crippen LogP) is 2.18. The number of benzene rings is 1. The third-order valence-electron chi connectivity index (χ3n) is 2.56. The van der Waals surface area contributed by atoms with E-state index in [-0.39, 0.29) is 12.0 Å². The van der Waals surface area contributed by atoms with E-state index < -0.39 is 0 Å². The highest BCUT2D eigenvalue weighted by Crippen LogP contribution is 2.20. The molecule has 0 saturated carbocycles. The van der Waals surface area contributed by atoms with Crippen LogP contribution in [0.3, 0.4) is 0 Å². The minimum atomic E-state index is -0.0892. The molecule has 0 heterocycles. The lowest BCUT2D eigenvalue weighted by Crippen LogP contribution is -2.26. The molecule has 1 rings (SSSR count). The summed E-state index contributed by atoms with van der Waals surface area (Å²) in [7, 11) is 4.05. The molecule has 1 aromatic rings. The van der Waals surface area contributed by atoms with E-state index in [4.69, 9.17) is 5.11 Å². The summed E-state index contributed by atoms with van der Waals surface area (Å²) in [6.45, 7) is 5.03. The summed E-state index contributed by atoms with van der Waals surface area (Å²) in [5, 5.41) is 12.5. The van der Waals surface area contributed by atoms with Gasteiger partial charge in [-0.1, -0.05) is 19.9 Å². The fourth-order valence-electron chi connectivity index (χ4n) is 1.29. The van der Waals surface area contributed by atoms with Crippen LogP contribution in [0.1, 0.15) is 13.8 Å². The van der Waals surface area contributed by atoms with Gasteiger partial charge in [-0.15, -0.1) is 0 Å². The number of hydrogen-bond donors (Lipinski definition) is 2. The lowest BCUT2D eigenvalue weighted by Gasteiger charge is -2.23. The maximum atomic E-state index is 9.17. The summed E-state index contributed by atoms with van der Waals surface area (Å²) < 4.78 is 0. The third-order valence-corrected chi connectivity index (χ3v) is 2.56. The molecular weight excluding hydrogens is 200 g/mol. The maximum Gasteiger partial charge on any atom is 0.0498 e. The SMILES string of the molecule is CN(C)c1cccc(NCC(C)(C)CO)c1. The highest BCUT2D eigenvalue weighted by Gasteiger charge is 2.15. The first-order valence-electron chi connectivity index (χ1n) is 5.57. The number of nitrogens with zero attached hydrogens (tertiary/aromatic N) is 1. The molecule has 0 radical (unpaired) electrons. The molecule has 0 aliphatic carbocycles. The van der Waals surface area contributed by atoms with Crippen LogP contribution in [0.4, 0.5) is 11.4 Å². The van der Waals surface area contributed by atoms with Crippen LogP contribution in [0.15, 0.2) is 24.3 Å². The van der Waals surface area contributed by atoms with Crippen molar-refractivity contribution in [2.45, 2.75) is 13.8 Å². The largest absolute Gasteiger partial charge is 0.396 e. The highest BCUT2D eigenvalue weighted by molar-refractivity contribution is 5.57. The lowest BCUT2D eigenvalue weighted by atomic mass is 9.95. The molecule has 0 aromatic heterocycles. The Morgan fingerprint density at radius 1 is 1.31 bits per heavy atom. The number of anilines is 2. The monoisotopic (exact) mass is 222 g/mol. The van der Waals surface area contributed by atoms with Crippen LogP contribution in [-0.2, 0) is 0 Å². The fourth-order valence-corrected chi connectivity index (χ4v) is 1.29. The van der Waals surface area contributed by atoms with Crippen molar-refractivity contribution in [2.24, 2.45) is 5.41 Å². The number of rotatable bonds is 5. The quantitative estimate of drug-likeness (QED) is 0.801. The Balaban J connectivity index is 2.64. The molecule has 0 aliphatic rings. The second-order valence-corrected chi connectivity index (χ2v) is 5.12. The van der Waals surface area contributed by atoms with Crippen molar-refractivity contribution in [3.8, 4) is 0 Å². The van der Waals surface area contributed by atoms with Crippen LogP contribution in [-0.4, -0.2) is 32.4 Å². The first-order chi connectivity index (χ1) is 7.44. The van der Waals surface area contributed by atoms with Crippen molar-refractivity contribution < 1.29 is 5.11 Å². The topological polar surface area (TPSA) is 35.5 Å². The van der Waals surface area contributed by atoms with Gasteiger partial charge in [0, 0.05) is 44.0 Å². The number of nitrogens with one attached hydrogen (secondary N) is 1. The van der Waals surface area contributed by atoms with Crippen molar-refractivity contribution in [2.75, 3.05) is 37.5 Å². The Kier molecular flexibility index (Phi) is 4.19. The van der Waals surface area contributed by atoms with Gasteiger partial charge in [-0.25, -0.2) is 0 Å². The van der Waals surface area contributed by atoms with Gasteiger partial charge in [0.25, 0.3) is 0 Å². The maximum absolute atomic E-state index is 9.17. The van der Waals surface area contributed by atoms with E-state index in [1.807, 2.05) is 40.1 Å². The summed E-state index contributed by atoms with van der Waals surface area (Å²) in [6, 6.07) is 8.25. The highest BCUT2D eigenvalue weighted by atomic mass is 16.3. The molecule has 0 saturated heterocycles. The zero-order chi connectivity index (χ0) is 12.2. The van der Waals surface area contributed by atoms with E-state index in [9.17, 15) is 0 Å². The normalized spacial score (nSPS) is 11.3. The third kappa shape index (κ3) is 3.74. The van der Waals surface area contributed by atoms with Gasteiger partial charge in [0.1, 0.15) is 0 Å². The zero-order valence-corrected chi connectivity index (χ0v) is 10.6. The standard InChI is InChI=1S/C13H22N2O/c1-13(2,10-16)9-14-11-6-5-7-12(8-11)15(3)4/h5-8,14,16H,9-10H2,1-4H3. The van der Waals surface area contributed by atoms with Crippen LogP contribution in [0, 0.1) is 5.41 Å². The lowest BCUT2D eigenvalue weighted by molar-refractivity contribution is 0.171. The Labute approximate surface area is 98.1 Å². The predicted molar refractivity (Wildman–Crippen MR) is 70.1 cm³/mol. The van der Waals surface area contributed by atoms with Crippen LogP contribution >= 0.6 is 0 Å². The second-order valence-electron chi connectivity index (χ2n) is 5.12. The van der Waals surface area contributed by atoms with E-state index in [2.05, 4.69) is 22.3 Å². The van der Waals surface area contributed by atoms with Crippen molar-refractivity contribution in [3.63, 3.8) is 0 Å². The minimum Gasteiger partial charge on any atom is -0.396 e. The van der Waals surface area contributed by atoms with E-state index in [1.165, 1.54) is 5.69 Å². The average molecular weight is 222 g/mol. The number of aliphatic hydroxyl groups excluding tert-OH is 1. The van der Waals surface area contributed by atoms with E-state index in [0.29, 0.717) is 0 Å². The number of aliphatic hydroxyl groups is 1. The summed E-state index contributed by atoms with van der Waals surface area (Å²) in [4.78, 5) is 2.07. The van der Waals surface area contributed by atoms with Gasteiger partial charge >= 0.3 is 0 Å². The van der Waals surface area contributed by atoms with Crippen LogP contribution in [0.2, 0.25) is 0 Å². The van der Waals surface area contributed by atoms with E-state index >= 15 is 0 Å². The molecule has 0 spiro atoms. The molecule has 1 aromatic carbocycles. The number of hydrogen-bond acceptors (Lipinski definition) is 3. The smallest absolute Gasteiger partial charge is 0.0498 e. The van der Waals surface area contributed by atoms with Gasteiger partial charge in [-0.05, 0) is 18.2 Å². The average Bonchev–Trinajstić information content (AvgIpc) is 2.27. The Bertz CT molecular complexity index is 334. The summed E-state index contributed by atoms with van der Waals surface area (Å²) in [5.41, 5.74) is 2.17. The Morgan fingerprint density at radius 3 is 2.56 bits per heavy atom. The van der Waals surface area contributed by atoms with Crippen LogP contribution in [0.5, 0.6) is 0 Å². The molecule has 90 valence electrons. The summed E-state index contributed by atoms with van der Waals surface area (Å²) in [6.07, 6.45) is 0. The first-order valence-corrected chi connectivity index (χ1v) is 5.57. The Hall–Kier alpha value is -1.22. The molecule has 0 atom stereocenters. The first kappa shape index (κ1) is 12.8. The van der Waals surface area contributed by atoms with Crippen molar-refractivity contribution in [1.82, 2.24) is 0 Å². The van der Waals surface area contributed by atoms with Gasteiger partial charge in [-0.3, -0.25) is 0 Å². The molecule has 0 amide bonds. The van der Waals surface area contributed by atoms with Crippen molar-refractivity contribution >= 4 is 11.4 Å². The molecule has 0 fully saturated rings.